The van der Waals surface area contributed by atoms with Crippen LogP contribution in [0.25, 0.3) is 64.4 Å². The Bertz CT molecular complexity index is 2140. The highest BCUT2D eigenvalue weighted by atomic mass is 32.1. The summed E-state index contributed by atoms with van der Waals surface area (Å²) in [6.07, 6.45) is 0. The summed E-state index contributed by atoms with van der Waals surface area (Å²) in [5, 5.41) is 8.49. The Balaban J connectivity index is 1.15. The molecule has 0 aliphatic heterocycles. The van der Waals surface area contributed by atoms with Gasteiger partial charge in [0.25, 0.3) is 0 Å². The molecule has 2 heterocycles. The van der Waals surface area contributed by atoms with Crippen molar-refractivity contribution in [3.63, 3.8) is 0 Å². The SMILES string of the molecule is c1ccc(-c2ccc3c(c2)oc2c(Nc4ccc(-c5cccc6c5sc5ccccc56)cc4)cccc23)cc1. The summed E-state index contributed by atoms with van der Waals surface area (Å²) in [7, 11) is 0. The molecule has 8 aromatic rings. The predicted octanol–water partition coefficient (Wildman–Crippen LogP) is 11.0. The first-order valence-corrected chi connectivity index (χ1v) is 13.9. The van der Waals surface area contributed by atoms with E-state index in [-0.39, 0.29) is 0 Å². The van der Waals surface area contributed by atoms with E-state index < -0.39 is 0 Å². The van der Waals surface area contributed by atoms with Crippen LogP contribution in [-0.2, 0) is 0 Å². The van der Waals surface area contributed by atoms with Gasteiger partial charge in [-0.25, -0.2) is 0 Å². The van der Waals surface area contributed by atoms with Crippen LogP contribution in [0.1, 0.15) is 0 Å². The Labute approximate surface area is 229 Å². The van der Waals surface area contributed by atoms with Crippen molar-refractivity contribution in [2.45, 2.75) is 0 Å². The molecular formula is C36H23NOS. The van der Waals surface area contributed by atoms with E-state index in [1.54, 1.807) is 0 Å². The number of para-hydroxylation sites is 1. The fourth-order valence-electron chi connectivity index (χ4n) is 5.57. The van der Waals surface area contributed by atoms with E-state index in [9.17, 15) is 0 Å². The number of hydrogen-bond acceptors (Lipinski definition) is 3. The van der Waals surface area contributed by atoms with Crippen molar-refractivity contribution in [2.75, 3.05) is 5.32 Å². The number of rotatable bonds is 4. The number of hydrogen-bond donors (Lipinski definition) is 1. The van der Waals surface area contributed by atoms with E-state index in [1.807, 2.05) is 17.4 Å². The zero-order chi connectivity index (χ0) is 25.8. The third kappa shape index (κ3) is 3.70. The lowest BCUT2D eigenvalue weighted by Gasteiger charge is -2.09. The Kier molecular flexibility index (Phi) is 5.04. The first-order chi connectivity index (χ1) is 19.3. The summed E-state index contributed by atoms with van der Waals surface area (Å²) < 4.78 is 9.09. The molecule has 0 saturated heterocycles. The summed E-state index contributed by atoms with van der Waals surface area (Å²) in [4.78, 5) is 0. The van der Waals surface area contributed by atoms with Crippen LogP contribution in [0.4, 0.5) is 11.4 Å². The zero-order valence-electron chi connectivity index (χ0n) is 21.0. The van der Waals surface area contributed by atoms with Gasteiger partial charge in [-0.1, -0.05) is 97.1 Å². The van der Waals surface area contributed by atoms with Crippen molar-refractivity contribution in [3.05, 3.63) is 133 Å². The third-order valence-electron chi connectivity index (χ3n) is 7.49. The molecule has 2 nitrogen and oxygen atoms in total. The Morgan fingerprint density at radius 1 is 0.513 bits per heavy atom. The lowest BCUT2D eigenvalue weighted by atomic mass is 10.0. The number of furan rings is 1. The summed E-state index contributed by atoms with van der Waals surface area (Å²) in [5.41, 5.74) is 8.58. The summed E-state index contributed by atoms with van der Waals surface area (Å²) in [6, 6.07) is 47.1. The van der Waals surface area contributed by atoms with Crippen LogP contribution in [-0.4, -0.2) is 0 Å². The maximum atomic E-state index is 6.43. The molecule has 6 aromatic carbocycles. The molecule has 1 N–H and O–H groups in total. The van der Waals surface area contributed by atoms with E-state index in [0.29, 0.717) is 0 Å². The van der Waals surface area contributed by atoms with Crippen molar-refractivity contribution in [3.8, 4) is 22.3 Å². The molecule has 184 valence electrons. The van der Waals surface area contributed by atoms with Gasteiger partial charge in [-0.2, -0.15) is 0 Å². The van der Waals surface area contributed by atoms with Gasteiger partial charge in [-0.15, -0.1) is 11.3 Å². The van der Waals surface area contributed by atoms with Crippen molar-refractivity contribution >= 4 is 64.8 Å². The molecule has 0 aliphatic carbocycles. The molecule has 0 atom stereocenters. The van der Waals surface area contributed by atoms with E-state index in [4.69, 9.17) is 4.42 Å². The summed E-state index contributed by atoms with van der Waals surface area (Å²) in [6.45, 7) is 0. The van der Waals surface area contributed by atoms with Gasteiger partial charge >= 0.3 is 0 Å². The van der Waals surface area contributed by atoms with Gasteiger partial charge < -0.3 is 9.73 Å². The molecule has 0 unspecified atom stereocenters. The lowest BCUT2D eigenvalue weighted by Crippen LogP contribution is -1.90. The fraction of sp³-hybridized carbons (Fsp3) is 0. The van der Waals surface area contributed by atoms with Gasteiger partial charge in [-0.05, 0) is 58.7 Å². The van der Waals surface area contributed by atoms with Gasteiger partial charge in [0, 0.05) is 36.6 Å². The van der Waals surface area contributed by atoms with E-state index in [1.165, 1.54) is 36.9 Å². The largest absolute Gasteiger partial charge is 0.454 e. The molecule has 2 aromatic heterocycles. The van der Waals surface area contributed by atoms with Crippen molar-refractivity contribution in [2.24, 2.45) is 0 Å². The van der Waals surface area contributed by atoms with Crippen LogP contribution in [0.15, 0.2) is 138 Å². The molecular weight excluding hydrogens is 494 g/mol. The molecule has 8 rings (SSSR count). The van der Waals surface area contributed by atoms with Crippen LogP contribution >= 0.6 is 11.3 Å². The number of thiophene rings is 1. The van der Waals surface area contributed by atoms with Gasteiger partial charge in [-0.3, -0.25) is 0 Å². The number of anilines is 2. The maximum absolute atomic E-state index is 6.43. The predicted molar refractivity (Wildman–Crippen MR) is 167 cm³/mol. The summed E-state index contributed by atoms with van der Waals surface area (Å²) >= 11 is 1.86. The lowest BCUT2D eigenvalue weighted by molar-refractivity contribution is 0.670. The number of benzene rings is 6. The number of nitrogens with one attached hydrogen (secondary N) is 1. The average Bonchev–Trinajstić information content (AvgIpc) is 3.57. The monoisotopic (exact) mass is 517 g/mol. The van der Waals surface area contributed by atoms with Crippen molar-refractivity contribution < 1.29 is 4.42 Å². The molecule has 0 saturated carbocycles. The zero-order valence-corrected chi connectivity index (χ0v) is 21.8. The minimum absolute atomic E-state index is 0.872. The van der Waals surface area contributed by atoms with Crippen LogP contribution in [0.2, 0.25) is 0 Å². The van der Waals surface area contributed by atoms with E-state index in [2.05, 4.69) is 133 Å². The van der Waals surface area contributed by atoms with Gasteiger partial charge in [0.2, 0.25) is 0 Å². The van der Waals surface area contributed by atoms with Crippen LogP contribution in [0.3, 0.4) is 0 Å². The topological polar surface area (TPSA) is 25.2 Å². The maximum Gasteiger partial charge on any atom is 0.158 e. The van der Waals surface area contributed by atoms with Crippen LogP contribution in [0, 0.1) is 0 Å². The normalized spacial score (nSPS) is 11.6. The smallest absolute Gasteiger partial charge is 0.158 e. The summed E-state index contributed by atoms with van der Waals surface area (Å²) in [5.74, 6) is 0. The van der Waals surface area contributed by atoms with Gasteiger partial charge in [0.15, 0.2) is 5.58 Å². The van der Waals surface area contributed by atoms with Crippen LogP contribution < -0.4 is 5.32 Å². The molecule has 0 spiro atoms. The standard InChI is InChI=1S/C36H23NOS/c1-2-8-23(9-3-1)25-18-21-28-30-12-7-14-32(35(30)38-33(28)22-25)37-26-19-16-24(17-20-26)27-11-6-13-31-29-10-4-5-15-34(29)39-36(27)31/h1-22,37H. The molecule has 0 aliphatic rings. The second-order valence-electron chi connectivity index (χ2n) is 9.84. The fourth-order valence-corrected chi connectivity index (χ4v) is 6.81. The van der Waals surface area contributed by atoms with Crippen molar-refractivity contribution in [1.29, 1.82) is 0 Å². The first-order valence-electron chi connectivity index (χ1n) is 13.1. The second-order valence-corrected chi connectivity index (χ2v) is 10.9. The molecule has 0 radical (unpaired) electrons. The molecule has 39 heavy (non-hydrogen) atoms. The second kappa shape index (κ2) is 8.87. The molecule has 0 amide bonds. The Morgan fingerprint density at radius 2 is 1.26 bits per heavy atom. The van der Waals surface area contributed by atoms with Crippen molar-refractivity contribution in [1.82, 2.24) is 0 Å². The Morgan fingerprint density at radius 3 is 2.15 bits per heavy atom. The number of fused-ring (bicyclic) bond motifs is 6. The minimum atomic E-state index is 0.872. The first kappa shape index (κ1) is 22.2. The Hall–Kier alpha value is -4.86. The minimum Gasteiger partial charge on any atom is -0.454 e. The quantitative estimate of drug-likeness (QED) is 0.251. The highest BCUT2D eigenvalue weighted by Gasteiger charge is 2.13. The van der Waals surface area contributed by atoms with E-state index >= 15 is 0 Å². The third-order valence-corrected chi connectivity index (χ3v) is 8.71. The molecule has 0 fully saturated rings. The van der Waals surface area contributed by atoms with Gasteiger partial charge in [0.1, 0.15) is 5.58 Å². The molecule has 0 bridgehead atoms. The van der Waals surface area contributed by atoms with Gasteiger partial charge in [0.05, 0.1) is 5.69 Å². The highest BCUT2D eigenvalue weighted by Crippen LogP contribution is 2.40. The van der Waals surface area contributed by atoms with E-state index in [0.717, 1.165) is 38.9 Å². The highest BCUT2D eigenvalue weighted by molar-refractivity contribution is 7.26. The molecule has 3 heteroatoms. The van der Waals surface area contributed by atoms with Crippen LogP contribution in [0.5, 0.6) is 0 Å². The average molecular weight is 518 g/mol.